The van der Waals surface area contributed by atoms with Crippen molar-refractivity contribution in [2.75, 3.05) is 6.61 Å². The van der Waals surface area contributed by atoms with Crippen LogP contribution < -0.4 is 10.1 Å². The summed E-state index contributed by atoms with van der Waals surface area (Å²) in [7, 11) is 0. The molecule has 2 heterocycles. The summed E-state index contributed by atoms with van der Waals surface area (Å²) in [5.74, 6) is 1.88. The molecule has 0 amide bonds. The quantitative estimate of drug-likeness (QED) is 0.745. The Balaban J connectivity index is 1.71. The number of phenolic OH excluding ortho intramolecular Hbond substituents is 1. The van der Waals surface area contributed by atoms with Crippen molar-refractivity contribution in [3.8, 4) is 11.5 Å². The molecular formula is C12H13N3O2. The van der Waals surface area contributed by atoms with Crippen LogP contribution in [-0.2, 0) is 6.54 Å². The molecule has 0 aliphatic carbocycles. The zero-order valence-electron chi connectivity index (χ0n) is 9.18. The predicted molar refractivity (Wildman–Crippen MR) is 61.8 cm³/mol. The molecule has 0 saturated heterocycles. The monoisotopic (exact) mass is 231 g/mol. The van der Waals surface area contributed by atoms with Gasteiger partial charge in [-0.15, -0.1) is 0 Å². The Hall–Kier alpha value is -2.01. The number of ether oxygens (including phenoxy) is 1. The molecule has 3 N–H and O–H groups in total. The Morgan fingerprint density at radius 2 is 2.47 bits per heavy atom. The first kappa shape index (κ1) is 10.2. The van der Waals surface area contributed by atoms with Gasteiger partial charge < -0.3 is 14.8 Å². The fraction of sp³-hybridized carbons (Fsp3) is 0.250. The van der Waals surface area contributed by atoms with Gasteiger partial charge in [-0.05, 0) is 12.1 Å². The molecule has 1 atom stereocenters. The smallest absolute Gasteiger partial charge is 0.127 e. The van der Waals surface area contributed by atoms with Gasteiger partial charge >= 0.3 is 0 Å². The van der Waals surface area contributed by atoms with Gasteiger partial charge in [-0.2, -0.15) is 0 Å². The highest BCUT2D eigenvalue weighted by Crippen LogP contribution is 2.34. The number of benzene rings is 1. The molecule has 0 spiro atoms. The molecule has 0 radical (unpaired) electrons. The molecule has 5 nitrogen and oxygen atoms in total. The van der Waals surface area contributed by atoms with E-state index in [0.29, 0.717) is 13.2 Å². The molecule has 1 aliphatic rings. The number of phenols is 1. The largest absolute Gasteiger partial charge is 0.508 e. The Morgan fingerprint density at radius 1 is 1.53 bits per heavy atom. The molecule has 0 bridgehead atoms. The van der Waals surface area contributed by atoms with Gasteiger partial charge in [0.05, 0.1) is 12.6 Å². The maximum atomic E-state index is 9.35. The number of nitrogens with zero attached hydrogens (tertiary/aromatic N) is 1. The second-order valence-corrected chi connectivity index (χ2v) is 4.00. The first-order valence-electron chi connectivity index (χ1n) is 5.50. The van der Waals surface area contributed by atoms with Gasteiger partial charge in [-0.25, -0.2) is 4.98 Å². The maximum Gasteiger partial charge on any atom is 0.127 e. The van der Waals surface area contributed by atoms with Crippen LogP contribution in [0.4, 0.5) is 0 Å². The van der Waals surface area contributed by atoms with Crippen LogP contribution in [0.1, 0.15) is 17.4 Å². The molecule has 1 aromatic heterocycles. The summed E-state index contributed by atoms with van der Waals surface area (Å²) in [4.78, 5) is 7.19. The molecule has 3 rings (SSSR count). The number of aromatic hydroxyl groups is 1. The van der Waals surface area contributed by atoms with E-state index in [2.05, 4.69) is 15.3 Å². The molecule has 1 aromatic carbocycles. The Kier molecular flexibility index (Phi) is 2.45. The number of hydrogen-bond acceptors (Lipinski definition) is 4. The second-order valence-electron chi connectivity index (χ2n) is 4.00. The van der Waals surface area contributed by atoms with Crippen molar-refractivity contribution >= 4 is 0 Å². The topological polar surface area (TPSA) is 70.2 Å². The third-order valence-electron chi connectivity index (χ3n) is 2.85. The molecule has 1 aliphatic heterocycles. The second kappa shape index (κ2) is 4.10. The Labute approximate surface area is 98.5 Å². The molecule has 2 aromatic rings. The van der Waals surface area contributed by atoms with Gasteiger partial charge in [0, 0.05) is 24.0 Å². The minimum absolute atomic E-state index is 0.149. The van der Waals surface area contributed by atoms with Crippen LogP contribution in [0.25, 0.3) is 0 Å². The van der Waals surface area contributed by atoms with Crippen LogP contribution in [0.15, 0.2) is 30.6 Å². The number of aromatic amines is 1. The minimum atomic E-state index is 0.149. The lowest BCUT2D eigenvalue weighted by Crippen LogP contribution is -2.22. The lowest BCUT2D eigenvalue weighted by Gasteiger charge is -2.09. The minimum Gasteiger partial charge on any atom is -0.508 e. The van der Waals surface area contributed by atoms with Gasteiger partial charge in [0.2, 0.25) is 0 Å². The van der Waals surface area contributed by atoms with Gasteiger partial charge in [-0.1, -0.05) is 0 Å². The molecule has 0 saturated carbocycles. The zero-order valence-corrected chi connectivity index (χ0v) is 9.18. The van der Waals surface area contributed by atoms with Crippen LogP contribution >= 0.6 is 0 Å². The van der Waals surface area contributed by atoms with Crippen LogP contribution in [-0.4, -0.2) is 21.7 Å². The highest BCUT2D eigenvalue weighted by Gasteiger charge is 2.23. The van der Waals surface area contributed by atoms with Crippen molar-refractivity contribution in [2.45, 2.75) is 12.6 Å². The Bertz CT molecular complexity index is 510. The molecule has 17 heavy (non-hydrogen) atoms. The number of hydrogen-bond donors (Lipinski definition) is 3. The molecular weight excluding hydrogens is 218 g/mol. The summed E-state index contributed by atoms with van der Waals surface area (Å²) in [6.07, 6.45) is 3.53. The van der Waals surface area contributed by atoms with E-state index in [4.69, 9.17) is 4.74 Å². The first-order chi connectivity index (χ1) is 8.33. The number of fused-ring (bicyclic) bond motifs is 1. The number of aromatic nitrogens is 2. The van der Waals surface area contributed by atoms with Crippen molar-refractivity contribution < 1.29 is 9.84 Å². The van der Waals surface area contributed by atoms with E-state index in [1.54, 1.807) is 24.5 Å². The molecule has 5 heteroatoms. The summed E-state index contributed by atoms with van der Waals surface area (Å²) < 4.78 is 5.51. The van der Waals surface area contributed by atoms with E-state index in [-0.39, 0.29) is 11.8 Å². The predicted octanol–water partition coefficient (Wildman–Crippen LogP) is 1.34. The van der Waals surface area contributed by atoms with E-state index in [1.807, 2.05) is 6.07 Å². The summed E-state index contributed by atoms with van der Waals surface area (Å²) in [5.41, 5.74) is 1.08. The van der Waals surface area contributed by atoms with Crippen LogP contribution in [0, 0.1) is 0 Å². The molecule has 0 fully saturated rings. The number of nitrogens with one attached hydrogen (secondary N) is 2. The van der Waals surface area contributed by atoms with Crippen LogP contribution in [0.5, 0.6) is 11.5 Å². The fourth-order valence-corrected chi connectivity index (χ4v) is 1.98. The van der Waals surface area contributed by atoms with E-state index < -0.39 is 0 Å². The van der Waals surface area contributed by atoms with Crippen molar-refractivity contribution in [1.82, 2.24) is 15.3 Å². The number of imidazole rings is 1. The summed E-state index contributed by atoms with van der Waals surface area (Å²) >= 11 is 0. The van der Waals surface area contributed by atoms with Crippen molar-refractivity contribution in [1.29, 1.82) is 0 Å². The lowest BCUT2D eigenvalue weighted by molar-refractivity contribution is 0.309. The standard InChI is InChI=1S/C12H13N3O2/c16-8-1-2-9-10(7-17-11(9)5-8)15-6-12-13-3-4-14-12/h1-5,10,15-16H,6-7H2,(H,13,14). The van der Waals surface area contributed by atoms with E-state index in [9.17, 15) is 5.11 Å². The fourth-order valence-electron chi connectivity index (χ4n) is 1.98. The highest BCUT2D eigenvalue weighted by atomic mass is 16.5. The lowest BCUT2D eigenvalue weighted by atomic mass is 10.1. The van der Waals surface area contributed by atoms with Gasteiger partial charge in [-0.3, -0.25) is 5.32 Å². The van der Waals surface area contributed by atoms with Crippen LogP contribution in [0.3, 0.4) is 0 Å². The van der Waals surface area contributed by atoms with Crippen molar-refractivity contribution in [3.05, 3.63) is 42.0 Å². The molecule has 88 valence electrons. The summed E-state index contributed by atoms with van der Waals surface area (Å²) in [5, 5.41) is 12.7. The van der Waals surface area contributed by atoms with Crippen LogP contribution in [0.2, 0.25) is 0 Å². The average Bonchev–Trinajstić information content (AvgIpc) is 2.94. The van der Waals surface area contributed by atoms with E-state index >= 15 is 0 Å². The third-order valence-corrected chi connectivity index (χ3v) is 2.85. The Morgan fingerprint density at radius 3 is 3.29 bits per heavy atom. The van der Waals surface area contributed by atoms with E-state index in [1.165, 1.54) is 0 Å². The van der Waals surface area contributed by atoms with Crippen molar-refractivity contribution in [3.63, 3.8) is 0 Å². The summed E-state index contributed by atoms with van der Waals surface area (Å²) in [6.45, 7) is 1.25. The molecule has 1 unspecified atom stereocenters. The SMILES string of the molecule is Oc1ccc2c(c1)OCC2NCc1ncc[nH]1. The van der Waals surface area contributed by atoms with Gasteiger partial charge in [0.25, 0.3) is 0 Å². The van der Waals surface area contributed by atoms with Gasteiger partial charge in [0.1, 0.15) is 23.9 Å². The summed E-state index contributed by atoms with van der Waals surface area (Å²) in [6, 6.07) is 5.35. The van der Waals surface area contributed by atoms with E-state index in [0.717, 1.165) is 17.1 Å². The zero-order chi connectivity index (χ0) is 11.7. The number of rotatable bonds is 3. The maximum absolute atomic E-state index is 9.35. The van der Waals surface area contributed by atoms with Gasteiger partial charge in [0.15, 0.2) is 0 Å². The average molecular weight is 231 g/mol. The first-order valence-corrected chi connectivity index (χ1v) is 5.50. The third kappa shape index (κ3) is 1.97. The van der Waals surface area contributed by atoms with Crippen molar-refractivity contribution in [2.24, 2.45) is 0 Å². The number of H-pyrrole nitrogens is 1. The highest BCUT2D eigenvalue weighted by molar-refractivity contribution is 5.44. The normalized spacial score (nSPS) is 17.8.